The molecule has 0 saturated heterocycles. The molecular weight excluding hydrogens is 467 g/mol. The van der Waals surface area contributed by atoms with Gasteiger partial charge in [-0.25, -0.2) is 9.18 Å². The van der Waals surface area contributed by atoms with Crippen LogP contribution < -0.4 is 11.0 Å². The molecule has 180 valence electrons. The summed E-state index contributed by atoms with van der Waals surface area (Å²) in [6, 6.07) is 15.4. The zero-order chi connectivity index (χ0) is 24.5. The lowest BCUT2D eigenvalue weighted by Gasteiger charge is -2.29. The van der Waals surface area contributed by atoms with E-state index < -0.39 is 0 Å². The Morgan fingerprint density at radius 3 is 2.49 bits per heavy atom. The number of aryl methyl sites for hydroxylation is 1. The molecule has 2 aromatic carbocycles. The number of imidazole rings is 1. The molecular formula is C27H26ClFN4O2. The highest BCUT2D eigenvalue weighted by Crippen LogP contribution is 2.28. The van der Waals surface area contributed by atoms with Crippen molar-refractivity contribution < 1.29 is 9.18 Å². The summed E-state index contributed by atoms with van der Waals surface area (Å²) in [6.07, 6.45) is 5.03. The minimum Gasteiger partial charge on any atom is -0.349 e. The van der Waals surface area contributed by atoms with Crippen LogP contribution >= 0.6 is 11.6 Å². The summed E-state index contributed by atoms with van der Waals surface area (Å²) in [5, 5.41) is 3.56. The fourth-order valence-electron chi connectivity index (χ4n) is 4.97. The molecule has 5 rings (SSSR count). The van der Waals surface area contributed by atoms with Crippen molar-refractivity contribution in [1.29, 1.82) is 0 Å². The smallest absolute Gasteiger partial charge is 0.333 e. The summed E-state index contributed by atoms with van der Waals surface area (Å²) >= 11 is 6.01. The first-order valence-corrected chi connectivity index (χ1v) is 12.2. The first-order chi connectivity index (χ1) is 16.9. The molecule has 0 spiro atoms. The van der Waals surface area contributed by atoms with Gasteiger partial charge in [0.25, 0.3) is 5.91 Å². The molecule has 0 unspecified atom stereocenters. The number of nitrogens with one attached hydrogen (secondary N) is 1. The number of aromatic nitrogens is 3. The summed E-state index contributed by atoms with van der Waals surface area (Å²) in [4.78, 5) is 30.3. The Morgan fingerprint density at radius 1 is 1.09 bits per heavy atom. The van der Waals surface area contributed by atoms with Crippen LogP contribution in [0.15, 0.2) is 65.6 Å². The first-order valence-electron chi connectivity index (χ1n) is 11.8. The number of fused-ring (bicyclic) bond motifs is 1. The number of amides is 1. The van der Waals surface area contributed by atoms with Crippen molar-refractivity contribution in [1.82, 2.24) is 19.4 Å². The quantitative estimate of drug-likeness (QED) is 0.412. The number of carbonyl (C=O) groups excluding carboxylic acids is 1. The van der Waals surface area contributed by atoms with Crippen LogP contribution in [0.4, 0.5) is 4.39 Å². The van der Waals surface area contributed by atoms with Crippen molar-refractivity contribution in [3.05, 3.63) is 93.4 Å². The fourth-order valence-corrected chi connectivity index (χ4v) is 5.13. The molecule has 2 aromatic heterocycles. The van der Waals surface area contributed by atoms with Gasteiger partial charge in [-0.2, -0.15) is 0 Å². The van der Waals surface area contributed by atoms with Crippen LogP contribution in [0.5, 0.6) is 0 Å². The number of rotatable bonds is 5. The van der Waals surface area contributed by atoms with E-state index >= 15 is 0 Å². The zero-order valence-electron chi connectivity index (χ0n) is 19.4. The van der Waals surface area contributed by atoms with Gasteiger partial charge in [-0.1, -0.05) is 23.7 Å². The van der Waals surface area contributed by atoms with Crippen LogP contribution in [0, 0.1) is 18.7 Å². The molecule has 35 heavy (non-hydrogen) atoms. The molecule has 1 N–H and O–H groups in total. The Labute approximate surface area is 207 Å². The SMILES string of the molecule is Cc1ncc(Cl)cc1C(=O)N[C@H]1CC[C@H](Cn2c(=O)n(-c3ccc(F)cc3)c3ccccc32)CC1. The molecule has 0 atom stereocenters. The van der Waals surface area contributed by atoms with Gasteiger partial charge in [0, 0.05) is 18.8 Å². The van der Waals surface area contributed by atoms with E-state index in [-0.39, 0.29) is 23.5 Å². The maximum absolute atomic E-state index is 13.4. The highest BCUT2D eigenvalue weighted by atomic mass is 35.5. The third-order valence-electron chi connectivity index (χ3n) is 6.84. The molecule has 1 fully saturated rings. The topological polar surface area (TPSA) is 68.9 Å². The van der Waals surface area contributed by atoms with Crippen LogP contribution in [-0.2, 0) is 6.54 Å². The Morgan fingerprint density at radius 2 is 1.77 bits per heavy atom. The van der Waals surface area contributed by atoms with E-state index in [4.69, 9.17) is 11.6 Å². The molecule has 2 heterocycles. The van der Waals surface area contributed by atoms with E-state index in [2.05, 4.69) is 10.3 Å². The standard InChI is InChI=1S/C27H26ClFN4O2/c1-17-23(14-19(28)15-30-17)26(34)31-21-10-6-18(7-11-21)16-32-24-4-2-3-5-25(24)33(27(32)35)22-12-8-20(29)9-13-22/h2-5,8-9,12-15,18,21H,6-7,10-11,16H2,1H3,(H,31,34)/t18-,21-. The second kappa shape index (κ2) is 9.66. The zero-order valence-corrected chi connectivity index (χ0v) is 20.1. The molecule has 4 aromatic rings. The van der Waals surface area contributed by atoms with E-state index in [1.54, 1.807) is 29.7 Å². The van der Waals surface area contributed by atoms with Crippen molar-refractivity contribution in [2.24, 2.45) is 5.92 Å². The predicted octanol–water partition coefficient (Wildman–Crippen LogP) is 5.28. The Balaban J connectivity index is 1.30. The maximum atomic E-state index is 13.4. The van der Waals surface area contributed by atoms with Gasteiger partial charge in [0.2, 0.25) is 0 Å². The number of nitrogens with zero attached hydrogens (tertiary/aromatic N) is 3. The highest BCUT2D eigenvalue weighted by Gasteiger charge is 2.25. The average Bonchev–Trinajstić information content (AvgIpc) is 3.13. The summed E-state index contributed by atoms with van der Waals surface area (Å²) in [5.74, 6) is -0.168. The van der Waals surface area contributed by atoms with E-state index in [0.29, 0.717) is 34.4 Å². The summed E-state index contributed by atoms with van der Waals surface area (Å²) < 4.78 is 16.9. The number of para-hydroxylation sites is 2. The van der Waals surface area contributed by atoms with Crippen molar-refractivity contribution in [2.45, 2.75) is 45.2 Å². The first kappa shape index (κ1) is 23.3. The van der Waals surface area contributed by atoms with Gasteiger partial charge in [0.05, 0.1) is 33.0 Å². The minimum absolute atomic E-state index is 0.0782. The molecule has 1 saturated carbocycles. The fraction of sp³-hybridized carbons (Fsp3) is 0.296. The van der Waals surface area contributed by atoms with E-state index in [0.717, 1.165) is 36.7 Å². The second-order valence-corrected chi connectivity index (χ2v) is 9.61. The van der Waals surface area contributed by atoms with Gasteiger partial charge in [-0.05, 0) is 81.0 Å². The van der Waals surface area contributed by atoms with Crippen LogP contribution in [0.3, 0.4) is 0 Å². The van der Waals surface area contributed by atoms with Crippen molar-refractivity contribution in [3.8, 4) is 5.69 Å². The van der Waals surface area contributed by atoms with Gasteiger partial charge in [0.15, 0.2) is 0 Å². The summed E-state index contributed by atoms with van der Waals surface area (Å²) in [5.41, 5.74) is 3.33. The van der Waals surface area contributed by atoms with E-state index in [1.165, 1.54) is 18.3 Å². The van der Waals surface area contributed by atoms with Crippen LogP contribution in [-0.4, -0.2) is 26.1 Å². The average molecular weight is 493 g/mol. The van der Waals surface area contributed by atoms with Crippen LogP contribution in [0.1, 0.15) is 41.7 Å². The van der Waals surface area contributed by atoms with Gasteiger partial charge >= 0.3 is 5.69 Å². The van der Waals surface area contributed by atoms with Crippen LogP contribution in [0.25, 0.3) is 16.7 Å². The second-order valence-electron chi connectivity index (χ2n) is 9.17. The normalized spacial score (nSPS) is 18.0. The Bertz CT molecular complexity index is 1440. The van der Waals surface area contributed by atoms with Crippen LogP contribution in [0.2, 0.25) is 5.02 Å². The number of benzene rings is 2. The maximum Gasteiger partial charge on any atom is 0.333 e. The largest absolute Gasteiger partial charge is 0.349 e. The van der Waals surface area contributed by atoms with E-state index in [1.807, 2.05) is 28.8 Å². The Hall–Kier alpha value is -3.45. The number of carbonyl (C=O) groups is 1. The van der Waals surface area contributed by atoms with Gasteiger partial charge in [-0.15, -0.1) is 0 Å². The number of hydrogen-bond donors (Lipinski definition) is 1. The third-order valence-corrected chi connectivity index (χ3v) is 7.05. The van der Waals surface area contributed by atoms with Gasteiger partial charge in [-0.3, -0.25) is 18.9 Å². The van der Waals surface area contributed by atoms with Gasteiger partial charge in [0.1, 0.15) is 5.82 Å². The molecule has 1 amide bonds. The van der Waals surface area contributed by atoms with Crippen molar-refractivity contribution in [2.75, 3.05) is 0 Å². The Kier molecular flexibility index (Phi) is 6.43. The lowest BCUT2D eigenvalue weighted by atomic mass is 9.85. The lowest BCUT2D eigenvalue weighted by molar-refractivity contribution is 0.0919. The van der Waals surface area contributed by atoms with Gasteiger partial charge < -0.3 is 5.32 Å². The molecule has 0 radical (unpaired) electrons. The number of pyridine rings is 1. The number of hydrogen-bond acceptors (Lipinski definition) is 3. The molecule has 8 heteroatoms. The molecule has 1 aliphatic rings. The minimum atomic E-state index is -0.337. The van der Waals surface area contributed by atoms with Crippen molar-refractivity contribution >= 4 is 28.5 Å². The monoisotopic (exact) mass is 492 g/mol. The van der Waals surface area contributed by atoms with E-state index in [9.17, 15) is 14.0 Å². The molecule has 6 nitrogen and oxygen atoms in total. The predicted molar refractivity (Wildman–Crippen MR) is 135 cm³/mol. The lowest BCUT2D eigenvalue weighted by Crippen LogP contribution is -2.39. The summed E-state index contributed by atoms with van der Waals surface area (Å²) in [7, 11) is 0. The highest BCUT2D eigenvalue weighted by molar-refractivity contribution is 6.30. The molecule has 0 aliphatic heterocycles. The van der Waals surface area contributed by atoms with Crippen molar-refractivity contribution in [3.63, 3.8) is 0 Å². The number of halogens is 2. The molecule has 1 aliphatic carbocycles. The third kappa shape index (κ3) is 4.73. The molecule has 0 bridgehead atoms. The summed E-state index contributed by atoms with van der Waals surface area (Å²) in [6.45, 7) is 2.40.